The van der Waals surface area contributed by atoms with E-state index in [9.17, 15) is 9.90 Å². The first kappa shape index (κ1) is 25.4. The molecule has 1 fully saturated rings. The molecule has 0 aliphatic carbocycles. The molecule has 0 amide bonds. The Morgan fingerprint density at radius 3 is 2.42 bits per heavy atom. The van der Waals surface area contributed by atoms with Crippen molar-refractivity contribution >= 4 is 5.97 Å². The van der Waals surface area contributed by atoms with E-state index in [0.29, 0.717) is 42.6 Å². The molecule has 2 atom stereocenters. The average molecular weight is 492 g/mol. The minimum Gasteiger partial charge on any atom is -0.497 e. The van der Waals surface area contributed by atoms with Crippen LogP contribution in [-0.4, -0.2) is 50.4 Å². The summed E-state index contributed by atoms with van der Waals surface area (Å²) in [4.78, 5) is 14.0. The van der Waals surface area contributed by atoms with E-state index < -0.39 is 11.9 Å². The van der Waals surface area contributed by atoms with E-state index in [1.54, 1.807) is 21.3 Å². The monoisotopic (exact) mass is 491 g/mol. The van der Waals surface area contributed by atoms with E-state index in [-0.39, 0.29) is 6.04 Å². The van der Waals surface area contributed by atoms with Crippen molar-refractivity contribution in [1.82, 2.24) is 4.90 Å². The Labute approximate surface area is 212 Å². The molecule has 190 valence electrons. The number of carboxylic acid groups (broad SMARTS) is 1. The van der Waals surface area contributed by atoms with Crippen LogP contribution in [0, 0.1) is 5.92 Å². The van der Waals surface area contributed by atoms with Crippen molar-refractivity contribution in [2.45, 2.75) is 25.5 Å². The number of carbonyl (C=O) groups is 1. The number of carboxylic acids is 1. The zero-order valence-corrected chi connectivity index (χ0v) is 21.0. The third-order valence-corrected chi connectivity index (χ3v) is 6.64. The molecule has 36 heavy (non-hydrogen) atoms. The molecule has 0 saturated carbocycles. The fourth-order valence-corrected chi connectivity index (χ4v) is 4.78. The Kier molecular flexibility index (Phi) is 8.33. The highest BCUT2D eigenvalue weighted by atomic mass is 16.5. The van der Waals surface area contributed by atoms with Gasteiger partial charge in [-0.3, -0.25) is 9.69 Å². The SMILES string of the molecule is COc1ccc(C(c2ccc(OCc3ccccc3)c(OC)c2)N2CCCC(C(=O)O)C2)c(OC)c1. The molecule has 1 N–H and O–H groups in total. The van der Waals surface area contributed by atoms with Gasteiger partial charge < -0.3 is 24.1 Å². The summed E-state index contributed by atoms with van der Waals surface area (Å²) in [5, 5.41) is 9.72. The summed E-state index contributed by atoms with van der Waals surface area (Å²) in [5.41, 5.74) is 2.97. The molecule has 1 heterocycles. The second-order valence-corrected chi connectivity index (χ2v) is 8.87. The van der Waals surface area contributed by atoms with E-state index in [0.717, 1.165) is 29.7 Å². The summed E-state index contributed by atoms with van der Waals surface area (Å²) >= 11 is 0. The third-order valence-electron chi connectivity index (χ3n) is 6.64. The van der Waals surface area contributed by atoms with Gasteiger partial charge in [0.15, 0.2) is 11.5 Å². The van der Waals surface area contributed by atoms with Crippen molar-refractivity contribution in [2.75, 3.05) is 34.4 Å². The lowest BCUT2D eigenvalue weighted by atomic mass is 9.90. The highest BCUT2D eigenvalue weighted by Gasteiger charge is 2.33. The van der Waals surface area contributed by atoms with Gasteiger partial charge in [0.1, 0.15) is 18.1 Å². The van der Waals surface area contributed by atoms with Crippen molar-refractivity contribution in [3.05, 3.63) is 83.4 Å². The number of hydrogen-bond donors (Lipinski definition) is 1. The van der Waals surface area contributed by atoms with Gasteiger partial charge >= 0.3 is 5.97 Å². The van der Waals surface area contributed by atoms with Gasteiger partial charge in [-0.15, -0.1) is 0 Å². The fraction of sp³-hybridized carbons (Fsp3) is 0.345. The number of likely N-dealkylation sites (tertiary alicyclic amines) is 1. The number of ether oxygens (including phenoxy) is 4. The molecule has 1 saturated heterocycles. The van der Waals surface area contributed by atoms with Gasteiger partial charge in [0, 0.05) is 18.2 Å². The van der Waals surface area contributed by atoms with Crippen molar-refractivity contribution in [3.8, 4) is 23.0 Å². The number of rotatable bonds is 10. The maximum absolute atomic E-state index is 11.8. The lowest BCUT2D eigenvalue weighted by molar-refractivity contribution is -0.143. The van der Waals surface area contributed by atoms with Gasteiger partial charge in [-0.1, -0.05) is 36.4 Å². The smallest absolute Gasteiger partial charge is 0.307 e. The normalized spacial score (nSPS) is 16.7. The van der Waals surface area contributed by atoms with Crippen LogP contribution >= 0.6 is 0 Å². The van der Waals surface area contributed by atoms with E-state index in [1.165, 1.54) is 0 Å². The Hall–Kier alpha value is -3.71. The molecule has 1 aliphatic rings. The Morgan fingerprint density at radius 1 is 0.944 bits per heavy atom. The topological polar surface area (TPSA) is 77.5 Å². The fourth-order valence-electron chi connectivity index (χ4n) is 4.78. The van der Waals surface area contributed by atoms with Gasteiger partial charge in [-0.05, 0) is 54.8 Å². The molecule has 4 rings (SSSR count). The molecule has 1 aliphatic heterocycles. The van der Waals surface area contributed by atoms with Crippen LogP contribution in [0.2, 0.25) is 0 Å². The molecule has 7 nitrogen and oxygen atoms in total. The first-order chi connectivity index (χ1) is 17.5. The van der Waals surface area contributed by atoms with Crippen LogP contribution < -0.4 is 18.9 Å². The van der Waals surface area contributed by atoms with Crippen LogP contribution in [0.4, 0.5) is 0 Å². The zero-order valence-electron chi connectivity index (χ0n) is 21.0. The summed E-state index contributed by atoms with van der Waals surface area (Å²) in [6.45, 7) is 1.65. The van der Waals surface area contributed by atoms with E-state index in [2.05, 4.69) is 4.90 Å². The predicted octanol–water partition coefficient (Wildman–Crippen LogP) is 5.18. The largest absolute Gasteiger partial charge is 0.497 e. The van der Waals surface area contributed by atoms with Crippen LogP contribution in [0.5, 0.6) is 23.0 Å². The lowest BCUT2D eigenvalue weighted by Crippen LogP contribution is -2.41. The molecule has 0 spiro atoms. The Bertz CT molecular complexity index is 1170. The molecule has 0 bridgehead atoms. The number of nitrogens with zero attached hydrogens (tertiary/aromatic N) is 1. The van der Waals surface area contributed by atoms with Gasteiger partial charge in [-0.25, -0.2) is 0 Å². The highest BCUT2D eigenvalue weighted by molar-refractivity contribution is 5.70. The number of methoxy groups -OCH3 is 3. The number of hydrogen-bond acceptors (Lipinski definition) is 6. The van der Waals surface area contributed by atoms with Crippen molar-refractivity contribution in [2.24, 2.45) is 5.92 Å². The van der Waals surface area contributed by atoms with Crippen LogP contribution in [0.1, 0.15) is 35.6 Å². The van der Waals surface area contributed by atoms with Crippen molar-refractivity contribution in [3.63, 3.8) is 0 Å². The molecule has 3 aromatic rings. The second kappa shape index (κ2) is 11.8. The number of benzene rings is 3. The summed E-state index contributed by atoms with van der Waals surface area (Å²) in [6, 6.07) is 21.4. The Morgan fingerprint density at radius 2 is 1.72 bits per heavy atom. The second-order valence-electron chi connectivity index (χ2n) is 8.87. The molecular weight excluding hydrogens is 458 g/mol. The van der Waals surface area contributed by atoms with Gasteiger partial charge in [-0.2, -0.15) is 0 Å². The quantitative estimate of drug-likeness (QED) is 0.419. The third kappa shape index (κ3) is 5.74. The van der Waals surface area contributed by atoms with E-state index in [1.807, 2.05) is 66.7 Å². The highest BCUT2D eigenvalue weighted by Crippen LogP contribution is 2.41. The first-order valence-electron chi connectivity index (χ1n) is 12.1. The van der Waals surface area contributed by atoms with Crippen molar-refractivity contribution < 1.29 is 28.8 Å². The molecular formula is C29H33NO6. The minimum absolute atomic E-state index is 0.231. The predicted molar refractivity (Wildman–Crippen MR) is 137 cm³/mol. The maximum atomic E-state index is 11.8. The summed E-state index contributed by atoms with van der Waals surface area (Å²) < 4.78 is 22.9. The van der Waals surface area contributed by atoms with Crippen molar-refractivity contribution in [1.29, 1.82) is 0 Å². The summed E-state index contributed by atoms with van der Waals surface area (Å²) in [7, 11) is 4.87. The average Bonchev–Trinajstić information content (AvgIpc) is 2.93. The van der Waals surface area contributed by atoms with Crippen LogP contribution in [-0.2, 0) is 11.4 Å². The van der Waals surface area contributed by atoms with Crippen LogP contribution in [0.25, 0.3) is 0 Å². The summed E-state index contributed by atoms with van der Waals surface area (Å²) in [5.74, 6) is 1.46. The Balaban J connectivity index is 1.71. The molecule has 2 unspecified atom stereocenters. The number of aliphatic carboxylic acids is 1. The summed E-state index contributed by atoms with van der Waals surface area (Å²) in [6.07, 6.45) is 1.48. The van der Waals surface area contributed by atoms with Gasteiger partial charge in [0.2, 0.25) is 0 Å². The van der Waals surface area contributed by atoms with Crippen LogP contribution in [0.15, 0.2) is 66.7 Å². The van der Waals surface area contributed by atoms with Gasteiger partial charge in [0.25, 0.3) is 0 Å². The molecule has 0 aromatic heterocycles. The standard InChI is InChI=1S/C29H33NO6/c1-33-23-12-13-24(26(17-23)34-2)28(30-15-7-10-22(18-30)29(31)32)21-11-14-25(27(16-21)35-3)36-19-20-8-5-4-6-9-20/h4-6,8-9,11-14,16-17,22,28H,7,10,15,18-19H2,1-3H3,(H,31,32). The maximum Gasteiger partial charge on any atom is 0.307 e. The van der Waals surface area contributed by atoms with E-state index >= 15 is 0 Å². The molecule has 7 heteroatoms. The zero-order chi connectivity index (χ0) is 25.5. The van der Waals surface area contributed by atoms with Gasteiger partial charge in [0.05, 0.1) is 33.3 Å². The minimum atomic E-state index is -0.762. The molecule has 3 aromatic carbocycles. The first-order valence-corrected chi connectivity index (χ1v) is 12.1. The van der Waals surface area contributed by atoms with E-state index in [4.69, 9.17) is 18.9 Å². The van der Waals surface area contributed by atoms with Crippen LogP contribution in [0.3, 0.4) is 0 Å². The lowest BCUT2D eigenvalue weighted by Gasteiger charge is -2.38. The molecule has 0 radical (unpaired) electrons. The number of piperidine rings is 1.